The summed E-state index contributed by atoms with van der Waals surface area (Å²) < 4.78 is 0. The fourth-order valence-electron chi connectivity index (χ4n) is 2.68. The van der Waals surface area contributed by atoms with Crippen LogP contribution in [-0.2, 0) is 4.79 Å². The van der Waals surface area contributed by atoms with Gasteiger partial charge in [0.05, 0.1) is 11.4 Å². The van der Waals surface area contributed by atoms with Crippen molar-refractivity contribution < 1.29 is 4.79 Å². The number of nitrogens with zero attached hydrogens (tertiary/aromatic N) is 1. The third kappa shape index (κ3) is 3.47. The molecular weight excluding hydrogens is 276 g/mol. The second kappa shape index (κ2) is 6.64. The Morgan fingerprint density at radius 3 is 2.82 bits per heavy atom. The molecule has 0 aliphatic carbocycles. The van der Waals surface area contributed by atoms with Crippen LogP contribution in [0.15, 0.2) is 29.4 Å². The number of aliphatic imine (C=N–C) groups is 1. The molecule has 0 saturated heterocycles. The molecule has 5 heteroatoms. The Labute approximate surface area is 131 Å². The van der Waals surface area contributed by atoms with Gasteiger partial charge in [0, 0.05) is 41.6 Å². The van der Waals surface area contributed by atoms with Gasteiger partial charge in [0.1, 0.15) is 0 Å². The van der Waals surface area contributed by atoms with Gasteiger partial charge in [-0.05, 0) is 33.8 Å². The molecule has 1 atom stereocenters. The lowest BCUT2D eigenvalue weighted by Crippen LogP contribution is -2.19. The number of rotatable bonds is 3. The topological polar surface area (TPSA) is 79.5 Å². The molecule has 2 rings (SSSR count). The average molecular weight is 300 g/mol. The number of fused-ring (bicyclic) bond motifs is 1. The summed E-state index contributed by atoms with van der Waals surface area (Å²) in [5.74, 6) is 0.0155. The zero-order valence-corrected chi connectivity index (χ0v) is 13.6. The smallest absolute Gasteiger partial charge is 0.226 e. The van der Waals surface area contributed by atoms with Crippen LogP contribution in [0, 0.1) is 0 Å². The molecule has 1 heterocycles. The lowest BCUT2D eigenvalue weighted by Gasteiger charge is -2.18. The molecule has 1 amide bonds. The Kier molecular flexibility index (Phi) is 4.85. The van der Waals surface area contributed by atoms with Crippen molar-refractivity contribution in [1.82, 2.24) is 0 Å². The van der Waals surface area contributed by atoms with Gasteiger partial charge in [-0.25, -0.2) is 0 Å². The molecule has 0 bridgehead atoms. The number of allylic oxidation sites excluding steroid dienone is 1. The molecule has 5 nitrogen and oxygen atoms in total. The maximum Gasteiger partial charge on any atom is 0.226 e. The highest BCUT2D eigenvalue weighted by Gasteiger charge is 2.21. The number of hydrogen-bond donors (Lipinski definition) is 3. The molecule has 0 aromatic heterocycles. The van der Waals surface area contributed by atoms with E-state index in [2.05, 4.69) is 15.6 Å². The zero-order chi connectivity index (χ0) is 16.3. The average Bonchev–Trinajstić information content (AvgIpc) is 2.55. The number of anilines is 2. The number of carbonyl (C=O) groups excluding carboxylic acids is 1. The standard InChI is InChI=1S/C17H24N4O/c1-10(2)19-12(4)14(9-18)13-6-5-7-15-17(13)20-11(3)8-16(22)21-15/h5-7,9-11,20H,8,18H2,1-4H3,(H,21,22)/t11-/m1/s1. The summed E-state index contributed by atoms with van der Waals surface area (Å²) in [7, 11) is 0. The van der Waals surface area contributed by atoms with E-state index in [0.29, 0.717) is 6.42 Å². The second-order valence-corrected chi connectivity index (χ2v) is 5.91. The number of nitrogens with one attached hydrogen (secondary N) is 2. The summed E-state index contributed by atoms with van der Waals surface area (Å²) in [6, 6.07) is 6.06. The van der Waals surface area contributed by atoms with Crippen molar-refractivity contribution in [3.8, 4) is 0 Å². The van der Waals surface area contributed by atoms with E-state index in [0.717, 1.165) is 28.2 Å². The van der Waals surface area contributed by atoms with Crippen molar-refractivity contribution in [3.05, 3.63) is 30.0 Å². The molecule has 1 aliphatic heterocycles. The molecule has 1 aliphatic rings. The van der Waals surface area contributed by atoms with Crippen LogP contribution < -0.4 is 16.4 Å². The predicted octanol–water partition coefficient (Wildman–Crippen LogP) is 3.00. The van der Waals surface area contributed by atoms with Crippen LogP contribution in [0.5, 0.6) is 0 Å². The van der Waals surface area contributed by atoms with Gasteiger partial charge >= 0.3 is 0 Å². The lowest BCUT2D eigenvalue weighted by molar-refractivity contribution is -0.116. The summed E-state index contributed by atoms with van der Waals surface area (Å²) in [4.78, 5) is 16.5. The Morgan fingerprint density at radius 1 is 1.45 bits per heavy atom. The van der Waals surface area contributed by atoms with E-state index in [4.69, 9.17) is 5.73 Å². The van der Waals surface area contributed by atoms with E-state index in [1.165, 1.54) is 0 Å². The summed E-state index contributed by atoms with van der Waals surface area (Å²) in [6.07, 6.45) is 2.02. The zero-order valence-electron chi connectivity index (χ0n) is 13.6. The Bertz CT molecular complexity index is 632. The first kappa shape index (κ1) is 16.1. The van der Waals surface area contributed by atoms with Crippen molar-refractivity contribution in [3.63, 3.8) is 0 Å². The third-order valence-corrected chi connectivity index (χ3v) is 3.52. The van der Waals surface area contributed by atoms with Crippen LogP contribution in [0.4, 0.5) is 11.4 Å². The monoisotopic (exact) mass is 300 g/mol. The van der Waals surface area contributed by atoms with Gasteiger partial charge in [0.2, 0.25) is 5.91 Å². The normalized spacial score (nSPS) is 19.3. The van der Waals surface area contributed by atoms with Crippen molar-refractivity contribution in [1.29, 1.82) is 0 Å². The first-order chi connectivity index (χ1) is 10.4. The highest BCUT2D eigenvalue weighted by molar-refractivity contribution is 6.24. The van der Waals surface area contributed by atoms with E-state index < -0.39 is 0 Å². The van der Waals surface area contributed by atoms with Gasteiger partial charge in [-0.3, -0.25) is 9.79 Å². The van der Waals surface area contributed by atoms with Crippen molar-refractivity contribution in [2.75, 3.05) is 10.6 Å². The molecule has 0 fully saturated rings. The second-order valence-electron chi connectivity index (χ2n) is 5.91. The fraction of sp³-hybridized carbons (Fsp3) is 0.412. The number of benzene rings is 1. The largest absolute Gasteiger partial charge is 0.404 e. The molecular formula is C17H24N4O. The maximum atomic E-state index is 11.9. The van der Waals surface area contributed by atoms with E-state index in [1.54, 1.807) is 6.20 Å². The number of para-hydroxylation sites is 1. The van der Waals surface area contributed by atoms with Crippen LogP contribution in [0.1, 0.15) is 39.7 Å². The summed E-state index contributed by atoms with van der Waals surface area (Å²) in [5.41, 5.74) is 10.3. The van der Waals surface area contributed by atoms with Gasteiger partial charge in [-0.1, -0.05) is 12.1 Å². The van der Waals surface area contributed by atoms with Crippen LogP contribution >= 0.6 is 0 Å². The van der Waals surface area contributed by atoms with Gasteiger partial charge in [0.25, 0.3) is 0 Å². The lowest BCUT2D eigenvalue weighted by atomic mass is 9.99. The van der Waals surface area contributed by atoms with Crippen LogP contribution in [0.2, 0.25) is 0 Å². The first-order valence-corrected chi connectivity index (χ1v) is 7.58. The van der Waals surface area contributed by atoms with E-state index >= 15 is 0 Å². The Balaban J connectivity index is 2.53. The fourth-order valence-corrected chi connectivity index (χ4v) is 2.68. The molecule has 22 heavy (non-hydrogen) atoms. The highest BCUT2D eigenvalue weighted by Crippen LogP contribution is 2.34. The molecule has 1 aromatic carbocycles. The van der Waals surface area contributed by atoms with Crippen LogP contribution in [0.3, 0.4) is 0 Å². The number of hydrogen-bond acceptors (Lipinski definition) is 4. The van der Waals surface area contributed by atoms with Crippen molar-refractivity contribution in [2.24, 2.45) is 10.7 Å². The quantitative estimate of drug-likeness (QED) is 0.751. The number of nitrogens with two attached hydrogens (primary N) is 1. The van der Waals surface area contributed by atoms with Crippen molar-refractivity contribution in [2.45, 2.75) is 46.2 Å². The van der Waals surface area contributed by atoms with E-state index in [1.807, 2.05) is 45.9 Å². The highest BCUT2D eigenvalue weighted by atomic mass is 16.1. The van der Waals surface area contributed by atoms with Gasteiger partial charge in [-0.15, -0.1) is 0 Å². The molecule has 0 unspecified atom stereocenters. The maximum absolute atomic E-state index is 11.9. The van der Waals surface area contributed by atoms with Crippen LogP contribution in [-0.4, -0.2) is 23.7 Å². The minimum atomic E-state index is 0.0155. The molecule has 118 valence electrons. The van der Waals surface area contributed by atoms with E-state index in [-0.39, 0.29) is 18.0 Å². The number of amides is 1. The SMILES string of the molecule is CC(=NC(C)C)C(=CN)c1cccc2c1N[C@H](C)CC(=O)N2. The van der Waals surface area contributed by atoms with Gasteiger partial charge in [0.15, 0.2) is 0 Å². The molecule has 0 radical (unpaired) electrons. The minimum Gasteiger partial charge on any atom is -0.404 e. The van der Waals surface area contributed by atoms with Gasteiger partial charge < -0.3 is 16.4 Å². The molecule has 4 N–H and O–H groups in total. The third-order valence-electron chi connectivity index (χ3n) is 3.52. The molecule has 0 spiro atoms. The van der Waals surface area contributed by atoms with Gasteiger partial charge in [-0.2, -0.15) is 0 Å². The summed E-state index contributed by atoms with van der Waals surface area (Å²) in [5, 5.41) is 6.35. The summed E-state index contributed by atoms with van der Waals surface area (Å²) >= 11 is 0. The van der Waals surface area contributed by atoms with Crippen LogP contribution in [0.25, 0.3) is 5.57 Å². The van der Waals surface area contributed by atoms with Crippen molar-refractivity contribution >= 4 is 28.6 Å². The predicted molar refractivity (Wildman–Crippen MR) is 93.2 cm³/mol. The van der Waals surface area contributed by atoms with E-state index in [9.17, 15) is 4.79 Å². The minimum absolute atomic E-state index is 0.0155. The molecule has 0 saturated carbocycles. The summed E-state index contributed by atoms with van der Waals surface area (Å²) in [6.45, 7) is 8.01. The first-order valence-electron chi connectivity index (χ1n) is 7.58. The Morgan fingerprint density at radius 2 is 2.18 bits per heavy atom. The molecule has 1 aromatic rings. The Hall–Kier alpha value is -2.30. The number of carbonyl (C=O) groups is 1.